The number of nitrogens with zero attached hydrogens (tertiary/aromatic N) is 1. The highest BCUT2D eigenvalue weighted by atomic mass is 16.5. The van der Waals surface area contributed by atoms with Gasteiger partial charge in [-0.25, -0.2) is 0 Å². The minimum atomic E-state index is 0.196. The number of likely N-dealkylation sites (tertiary alicyclic amines) is 1. The third-order valence-electron chi connectivity index (χ3n) is 2.42. The van der Waals surface area contributed by atoms with Crippen LogP contribution in [0.3, 0.4) is 0 Å². The Balaban J connectivity index is 2.29. The highest BCUT2D eigenvalue weighted by Gasteiger charge is 2.20. The van der Waals surface area contributed by atoms with E-state index in [1.54, 1.807) is 0 Å². The van der Waals surface area contributed by atoms with Crippen molar-refractivity contribution in [3.05, 3.63) is 0 Å². The lowest BCUT2D eigenvalue weighted by molar-refractivity contribution is 0.0837. The van der Waals surface area contributed by atoms with Crippen LogP contribution in [0.5, 0.6) is 0 Å². The molecule has 1 fully saturated rings. The molecule has 0 bridgehead atoms. The van der Waals surface area contributed by atoms with Crippen LogP contribution in [0.15, 0.2) is 0 Å². The first kappa shape index (κ1) is 10.3. The summed E-state index contributed by atoms with van der Waals surface area (Å²) in [7, 11) is 0. The SMILES string of the molecule is CCOCC1CCCN(C(=N)N)C1. The Morgan fingerprint density at radius 2 is 2.46 bits per heavy atom. The van der Waals surface area contributed by atoms with Gasteiger partial charge in [0.1, 0.15) is 0 Å². The van der Waals surface area contributed by atoms with Crippen LogP contribution in [0.4, 0.5) is 0 Å². The van der Waals surface area contributed by atoms with E-state index in [1.807, 2.05) is 11.8 Å². The van der Waals surface area contributed by atoms with Crippen molar-refractivity contribution in [3.8, 4) is 0 Å². The largest absolute Gasteiger partial charge is 0.381 e. The van der Waals surface area contributed by atoms with Crippen LogP contribution in [0.1, 0.15) is 19.8 Å². The molecule has 0 aromatic carbocycles. The molecule has 0 amide bonds. The van der Waals surface area contributed by atoms with Crippen molar-refractivity contribution in [3.63, 3.8) is 0 Å². The van der Waals surface area contributed by atoms with Crippen molar-refractivity contribution in [1.29, 1.82) is 5.41 Å². The predicted molar refractivity (Wildman–Crippen MR) is 52.7 cm³/mol. The molecule has 0 spiro atoms. The van der Waals surface area contributed by atoms with Crippen molar-refractivity contribution in [2.75, 3.05) is 26.3 Å². The van der Waals surface area contributed by atoms with Crippen LogP contribution in [0.2, 0.25) is 0 Å². The minimum Gasteiger partial charge on any atom is -0.381 e. The zero-order valence-corrected chi connectivity index (χ0v) is 8.25. The Bertz CT molecular complexity index is 172. The molecule has 1 saturated heterocycles. The highest BCUT2D eigenvalue weighted by Crippen LogP contribution is 2.15. The average molecular weight is 185 g/mol. The molecule has 1 atom stereocenters. The van der Waals surface area contributed by atoms with E-state index in [1.165, 1.54) is 6.42 Å². The molecule has 76 valence electrons. The summed E-state index contributed by atoms with van der Waals surface area (Å²) >= 11 is 0. The summed E-state index contributed by atoms with van der Waals surface area (Å²) in [5.41, 5.74) is 5.43. The maximum Gasteiger partial charge on any atom is 0.188 e. The number of hydrogen-bond donors (Lipinski definition) is 2. The summed E-state index contributed by atoms with van der Waals surface area (Å²) in [5.74, 6) is 0.749. The molecule has 4 heteroatoms. The van der Waals surface area contributed by atoms with E-state index in [0.29, 0.717) is 5.92 Å². The van der Waals surface area contributed by atoms with Gasteiger partial charge in [0.15, 0.2) is 5.96 Å². The normalized spacial score (nSPS) is 23.2. The molecule has 1 heterocycles. The fraction of sp³-hybridized carbons (Fsp3) is 0.889. The maximum absolute atomic E-state index is 7.32. The second-order valence-electron chi connectivity index (χ2n) is 3.50. The Morgan fingerprint density at radius 3 is 3.08 bits per heavy atom. The van der Waals surface area contributed by atoms with Crippen LogP contribution in [0.25, 0.3) is 0 Å². The Kier molecular flexibility index (Phi) is 4.02. The Morgan fingerprint density at radius 1 is 1.69 bits per heavy atom. The molecular formula is C9H19N3O. The van der Waals surface area contributed by atoms with Gasteiger partial charge in [0.05, 0.1) is 6.61 Å². The van der Waals surface area contributed by atoms with Gasteiger partial charge in [-0.3, -0.25) is 5.41 Å². The fourth-order valence-corrected chi connectivity index (χ4v) is 1.70. The highest BCUT2D eigenvalue weighted by molar-refractivity contribution is 5.74. The maximum atomic E-state index is 7.32. The second-order valence-corrected chi connectivity index (χ2v) is 3.50. The molecule has 1 unspecified atom stereocenters. The molecule has 0 aromatic rings. The van der Waals surface area contributed by atoms with E-state index < -0.39 is 0 Å². The molecule has 0 aliphatic carbocycles. The van der Waals surface area contributed by atoms with Crippen LogP contribution >= 0.6 is 0 Å². The fourth-order valence-electron chi connectivity index (χ4n) is 1.70. The van der Waals surface area contributed by atoms with Gasteiger partial charge >= 0.3 is 0 Å². The minimum absolute atomic E-state index is 0.196. The molecule has 1 rings (SSSR count). The molecule has 0 radical (unpaired) electrons. The summed E-state index contributed by atoms with van der Waals surface area (Å²) in [6, 6.07) is 0. The number of hydrogen-bond acceptors (Lipinski definition) is 2. The summed E-state index contributed by atoms with van der Waals surface area (Å²) in [6.07, 6.45) is 2.32. The third kappa shape index (κ3) is 3.22. The summed E-state index contributed by atoms with van der Waals surface area (Å²) in [4.78, 5) is 1.92. The van der Waals surface area contributed by atoms with Gasteiger partial charge in [0.2, 0.25) is 0 Å². The first-order chi connectivity index (χ1) is 6.24. The van der Waals surface area contributed by atoms with Crippen LogP contribution in [-0.4, -0.2) is 37.2 Å². The topological polar surface area (TPSA) is 62.3 Å². The number of guanidine groups is 1. The van der Waals surface area contributed by atoms with Gasteiger partial charge < -0.3 is 15.4 Å². The lowest BCUT2D eigenvalue weighted by Crippen LogP contribution is -2.44. The van der Waals surface area contributed by atoms with Gasteiger partial charge in [-0.05, 0) is 25.7 Å². The average Bonchev–Trinajstić information content (AvgIpc) is 2.15. The van der Waals surface area contributed by atoms with Crippen LogP contribution < -0.4 is 5.73 Å². The molecule has 1 aliphatic rings. The monoisotopic (exact) mass is 185 g/mol. The van der Waals surface area contributed by atoms with Crippen LogP contribution in [0, 0.1) is 11.3 Å². The Labute approximate surface area is 79.6 Å². The summed E-state index contributed by atoms with van der Waals surface area (Å²) in [6.45, 7) is 5.40. The molecule has 0 saturated carbocycles. The Hall–Kier alpha value is -0.770. The van der Waals surface area contributed by atoms with Crippen molar-refractivity contribution in [2.24, 2.45) is 11.7 Å². The summed E-state index contributed by atoms with van der Waals surface area (Å²) in [5, 5.41) is 7.32. The molecule has 3 N–H and O–H groups in total. The number of piperidine rings is 1. The number of rotatable bonds is 3. The number of ether oxygens (including phenoxy) is 1. The van der Waals surface area contributed by atoms with Gasteiger partial charge in [-0.1, -0.05) is 0 Å². The number of nitrogens with two attached hydrogens (primary N) is 1. The molecular weight excluding hydrogens is 166 g/mol. The zero-order valence-electron chi connectivity index (χ0n) is 8.25. The van der Waals surface area contributed by atoms with Gasteiger partial charge in [-0.2, -0.15) is 0 Å². The molecule has 4 nitrogen and oxygen atoms in total. The zero-order chi connectivity index (χ0) is 9.68. The quantitative estimate of drug-likeness (QED) is 0.500. The van der Waals surface area contributed by atoms with E-state index in [9.17, 15) is 0 Å². The predicted octanol–water partition coefficient (Wildman–Crippen LogP) is 0.628. The first-order valence-electron chi connectivity index (χ1n) is 4.90. The van der Waals surface area contributed by atoms with E-state index in [0.717, 1.165) is 32.7 Å². The lowest BCUT2D eigenvalue weighted by atomic mass is 9.99. The van der Waals surface area contributed by atoms with Gasteiger partial charge in [-0.15, -0.1) is 0 Å². The first-order valence-corrected chi connectivity index (χ1v) is 4.90. The van der Waals surface area contributed by atoms with Crippen molar-refractivity contribution >= 4 is 5.96 Å². The van der Waals surface area contributed by atoms with Gasteiger partial charge in [0, 0.05) is 19.7 Å². The van der Waals surface area contributed by atoms with E-state index in [-0.39, 0.29) is 5.96 Å². The smallest absolute Gasteiger partial charge is 0.188 e. The lowest BCUT2D eigenvalue weighted by Gasteiger charge is -2.32. The van der Waals surface area contributed by atoms with Crippen molar-refractivity contribution in [1.82, 2.24) is 4.90 Å². The second kappa shape index (κ2) is 5.07. The van der Waals surface area contributed by atoms with Crippen molar-refractivity contribution in [2.45, 2.75) is 19.8 Å². The number of nitrogens with one attached hydrogen (secondary N) is 1. The third-order valence-corrected chi connectivity index (χ3v) is 2.42. The van der Waals surface area contributed by atoms with E-state index in [2.05, 4.69) is 0 Å². The van der Waals surface area contributed by atoms with Crippen LogP contribution in [-0.2, 0) is 4.74 Å². The molecule has 13 heavy (non-hydrogen) atoms. The molecule has 0 aromatic heterocycles. The van der Waals surface area contributed by atoms with E-state index in [4.69, 9.17) is 15.9 Å². The van der Waals surface area contributed by atoms with Gasteiger partial charge in [0.25, 0.3) is 0 Å². The van der Waals surface area contributed by atoms with Crippen molar-refractivity contribution < 1.29 is 4.74 Å². The summed E-state index contributed by atoms with van der Waals surface area (Å²) < 4.78 is 5.36. The van der Waals surface area contributed by atoms with E-state index >= 15 is 0 Å². The standard InChI is InChI=1S/C9H19N3O/c1-2-13-7-8-4-3-5-12(6-8)9(10)11/h8H,2-7H2,1H3,(H3,10,11). The molecule has 1 aliphatic heterocycles.